The van der Waals surface area contributed by atoms with Crippen LogP contribution in [0.15, 0.2) is 36.4 Å². The minimum atomic E-state index is -0.448. The van der Waals surface area contributed by atoms with Gasteiger partial charge in [0.15, 0.2) is 0 Å². The molecule has 3 N–H and O–H groups in total. The molecule has 16 heavy (non-hydrogen) atoms. The monoisotopic (exact) mass is 212 g/mol. The lowest BCUT2D eigenvalue weighted by Crippen LogP contribution is -2.10. The van der Waals surface area contributed by atoms with Crippen LogP contribution in [-0.4, -0.2) is 5.11 Å². The molecule has 0 aliphatic rings. The van der Waals surface area contributed by atoms with E-state index in [2.05, 4.69) is 0 Å². The van der Waals surface area contributed by atoms with E-state index < -0.39 is 6.04 Å². The molecule has 0 heterocycles. The largest absolute Gasteiger partial charge is 0.508 e. The van der Waals surface area contributed by atoms with Crippen LogP contribution in [0.25, 0.3) is 10.8 Å². The summed E-state index contributed by atoms with van der Waals surface area (Å²) in [6, 6.07) is 12.7. The molecule has 3 heteroatoms. The Morgan fingerprint density at radius 3 is 2.75 bits per heavy atom. The van der Waals surface area contributed by atoms with E-state index in [1.807, 2.05) is 36.4 Å². The molecule has 0 fully saturated rings. The van der Waals surface area contributed by atoms with Crippen molar-refractivity contribution >= 4 is 10.8 Å². The first-order valence-corrected chi connectivity index (χ1v) is 5.07. The number of benzene rings is 2. The third-order valence-electron chi connectivity index (χ3n) is 2.63. The van der Waals surface area contributed by atoms with Crippen LogP contribution in [0.5, 0.6) is 5.75 Å². The van der Waals surface area contributed by atoms with E-state index in [-0.39, 0.29) is 12.2 Å². The smallest absolute Gasteiger partial charge is 0.121 e. The summed E-state index contributed by atoms with van der Waals surface area (Å²) in [5.41, 5.74) is 6.54. The maximum Gasteiger partial charge on any atom is 0.121 e. The molecular formula is C13H12N2O. The summed E-state index contributed by atoms with van der Waals surface area (Å²) < 4.78 is 0. The molecule has 1 atom stereocenters. The Kier molecular flexibility index (Phi) is 2.76. The molecule has 2 aromatic carbocycles. The summed E-state index contributed by atoms with van der Waals surface area (Å²) in [6.07, 6.45) is 0.196. The third kappa shape index (κ3) is 1.71. The van der Waals surface area contributed by atoms with Gasteiger partial charge in [0.1, 0.15) is 5.75 Å². The Hall–Kier alpha value is -2.05. The molecule has 2 aromatic rings. The summed E-state index contributed by atoms with van der Waals surface area (Å²) in [7, 11) is 0. The molecule has 0 unspecified atom stereocenters. The van der Waals surface area contributed by atoms with Crippen molar-refractivity contribution in [1.82, 2.24) is 0 Å². The second-order valence-electron chi connectivity index (χ2n) is 3.69. The molecule has 0 saturated heterocycles. The Morgan fingerprint density at radius 2 is 2.00 bits per heavy atom. The Balaban J connectivity index is 2.66. The summed E-state index contributed by atoms with van der Waals surface area (Å²) in [4.78, 5) is 0. The molecule has 0 amide bonds. The lowest BCUT2D eigenvalue weighted by atomic mass is 9.96. The van der Waals surface area contributed by atoms with E-state index >= 15 is 0 Å². The molecule has 80 valence electrons. The predicted molar refractivity (Wildman–Crippen MR) is 62.8 cm³/mol. The third-order valence-corrected chi connectivity index (χ3v) is 2.63. The topological polar surface area (TPSA) is 70.0 Å². The van der Waals surface area contributed by atoms with Crippen LogP contribution in [-0.2, 0) is 0 Å². The van der Waals surface area contributed by atoms with E-state index in [0.717, 1.165) is 10.8 Å². The summed E-state index contributed by atoms with van der Waals surface area (Å²) in [6.45, 7) is 0. The quantitative estimate of drug-likeness (QED) is 0.803. The standard InChI is InChI=1S/C13H12N2O/c14-8-7-11(15)13-10-4-2-1-3-9(10)5-6-12(13)16/h1-6,11,16H,7,15H2/t11-/m1/s1. The highest BCUT2D eigenvalue weighted by molar-refractivity contribution is 5.88. The zero-order chi connectivity index (χ0) is 11.5. The van der Waals surface area contributed by atoms with E-state index in [1.54, 1.807) is 6.07 Å². The van der Waals surface area contributed by atoms with Crippen molar-refractivity contribution < 1.29 is 5.11 Å². The number of hydrogen-bond donors (Lipinski definition) is 2. The van der Waals surface area contributed by atoms with Crippen LogP contribution < -0.4 is 5.73 Å². The fraction of sp³-hybridized carbons (Fsp3) is 0.154. The van der Waals surface area contributed by atoms with Crippen LogP contribution in [0.3, 0.4) is 0 Å². The van der Waals surface area contributed by atoms with E-state index in [1.165, 1.54) is 0 Å². The fourth-order valence-electron chi connectivity index (χ4n) is 1.87. The Labute approximate surface area is 93.7 Å². The summed E-state index contributed by atoms with van der Waals surface area (Å²) >= 11 is 0. The predicted octanol–water partition coefficient (Wildman–Crippen LogP) is 2.46. The Bertz CT molecular complexity index is 557. The molecular weight excluding hydrogens is 200 g/mol. The zero-order valence-corrected chi connectivity index (χ0v) is 8.72. The molecule has 0 aliphatic carbocycles. The van der Waals surface area contributed by atoms with Crippen molar-refractivity contribution in [2.24, 2.45) is 5.73 Å². The summed E-state index contributed by atoms with van der Waals surface area (Å²) in [5.74, 6) is 0.154. The number of fused-ring (bicyclic) bond motifs is 1. The number of nitriles is 1. The minimum absolute atomic E-state index is 0.154. The normalized spacial score (nSPS) is 12.2. The van der Waals surface area contributed by atoms with Gasteiger partial charge in [-0.05, 0) is 16.8 Å². The molecule has 0 aliphatic heterocycles. The number of nitrogens with zero attached hydrogens (tertiary/aromatic N) is 1. The van der Waals surface area contributed by atoms with Gasteiger partial charge in [-0.1, -0.05) is 30.3 Å². The average molecular weight is 212 g/mol. The van der Waals surface area contributed by atoms with E-state index in [9.17, 15) is 5.11 Å². The van der Waals surface area contributed by atoms with Crippen molar-refractivity contribution in [1.29, 1.82) is 5.26 Å². The van der Waals surface area contributed by atoms with Gasteiger partial charge in [0.2, 0.25) is 0 Å². The number of phenolic OH excluding ortho intramolecular Hbond substituents is 1. The number of rotatable bonds is 2. The van der Waals surface area contributed by atoms with Crippen molar-refractivity contribution in [3.8, 4) is 11.8 Å². The first-order chi connectivity index (χ1) is 7.74. The fourth-order valence-corrected chi connectivity index (χ4v) is 1.87. The highest BCUT2D eigenvalue weighted by Gasteiger charge is 2.13. The second kappa shape index (κ2) is 4.21. The number of aromatic hydroxyl groups is 1. The van der Waals surface area contributed by atoms with Gasteiger partial charge in [-0.3, -0.25) is 0 Å². The van der Waals surface area contributed by atoms with Gasteiger partial charge in [0, 0.05) is 11.6 Å². The lowest BCUT2D eigenvalue weighted by molar-refractivity contribution is 0.463. The highest BCUT2D eigenvalue weighted by atomic mass is 16.3. The van der Waals surface area contributed by atoms with Crippen molar-refractivity contribution in [3.63, 3.8) is 0 Å². The van der Waals surface area contributed by atoms with Crippen LogP contribution in [0.2, 0.25) is 0 Å². The first-order valence-electron chi connectivity index (χ1n) is 5.07. The highest BCUT2D eigenvalue weighted by Crippen LogP contribution is 2.32. The molecule has 0 saturated carbocycles. The van der Waals surface area contributed by atoms with Crippen LogP contribution in [0, 0.1) is 11.3 Å². The van der Waals surface area contributed by atoms with Gasteiger partial charge in [-0.2, -0.15) is 5.26 Å². The van der Waals surface area contributed by atoms with Gasteiger partial charge < -0.3 is 10.8 Å². The molecule has 3 nitrogen and oxygen atoms in total. The van der Waals surface area contributed by atoms with E-state index in [4.69, 9.17) is 11.0 Å². The average Bonchev–Trinajstić information content (AvgIpc) is 2.29. The molecule has 0 aromatic heterocycles. The van der Waals surface area contributed by atoms with Gasteiger partial charge in [-0.15, -0.1) is 0 Å². The number of hydrogen-bond acceptors (Lipinski definition) is 3. The van der Waals surface area contributed by atoms with Gasteiger partial charge in [0.25, 0.3) is 0 Å². The van der Waals surface area contributed by atoms with Crippen LogP contribution in [0.1, 0.15) is 18.0 Å². The number of nitrogens with two attached hydrogens (primary N) is 1. The van der Waals surface area contributed by atoms with Gasteiger partial charge >= 0.3 is 0 Å². The second-order valence-corrected chi connectivity index (χ2v) is 3.69. The maximum absolute atomic E-state index is 9.82. The van der Waals surface area contributed by atoms with Crippen molar-refractivity contribution in [2.75, 3.05) is 0 Å². The molecule has 2 rings (SSSR count). The molecule has 0 spiro atoms. The maximum atomic E-state index is 9.82. The van der Waals surface area contributed by atoms with Gasteiger partial charge in [-0.25, -0.2) is 0 Å². The SMILES string of the molecule is N#CC[C@@H](N)c1c(O)ccc2ccccc12. The number of phenols is 1. The van der Waals surface area contributed by atoms with Crippen LogP contribution in [0.4, 0.5) is 0 Å². The zero-order valence-electron chi connectivity index (χ0n) is 8.72. The molecule has 0 bridgehead atoms. The van der Waals surface area contributed by atoms with Gasteiger partial charge in [0.05, 0.1) is 12.5 Å². The lowest BCUT2D eigenvalue weighted by Gasteiger charge is -2.13. The van der Waals surface area contributed by atoms with E-state index in [0.29, 0.717) is 5.56 Å². The summed E-state index contributed by atoms with van der Waals surface area (Å²) in [5, 5.41) is 20.4. The molecule has 0 radical (unpaired) electrons. The Morgan fingerprint density at radius 1 is 1.25 bits per heavy atom. The van der Waals surface area contributed by atoms with Crippen molar-refractivity contribution in [3.05, 3.63) is 42.0 Å². The minimum Gasteiger partial charge on any atom is -0.508 e. The van der Waals surface area contributed by atoms with Crippen molar-refractivity contribution in [2.45, 2.75) is 12.5 Å². The first kappa shape index (κ1) is 10.5. The van der Waals surface area contributed by atoms with Crippen LogP contribution >= 0.6 is 0 Å².